The van der Waals surface area contributed by atoms with Crippen LogP contribution in [0.15, 0.2) is 48.7 Å². The van der Waals surface area contributed by atoms with Crippen LogP contribution < -0.4 is 4.74 Å². The van der Waals surface area contributed by atoms with Crippen LogP contribution >= 0.6 is 11.6 Å². The zero-order chi connectivity index (χ0) is 14.1. The van der Waals surface area contributed by atoms with Crippen molar-refractivity contribution in [1.29, 1.82) is 0 Å². The number of halogens is 2. The van der Waals surface area contributed by atoms with Crippen LogP contribution in [0, 0.1) is 5.82 Å². The predicted octanol–water partition coefficient (Wildman–Crippen LogP) is 4.49. The van der Waals surface area contributed by atoms with Gasteiger partial charge in [-0.25, -0.2) is 4.39 Å². The average molecular weight is 290 g/mol. The Morgan fingerprint density at radius 1 is 1.20 bits per heavy atom. The van der Waals surface area contributed by atoms with E-state index in [1.807, 2.05) is 30.5 Å². The molecule has 2 aromatic carbocycles. The first-order valence-corrected chi connectivity index (χ1v) is 6.62. The van der Waals surface area contributed by atoms with E-state index in [1.54, 1.807) is 13.2 Å². The van der Waals surface area contributed by atoms with Crippen molar-refractivity contribution >= 4 is 22.5 Å². The molecule has 0 unspecified atom stereocenters. The fourth-order valence-electron chi connectivity index (χ4n) is 2.34. The van der Waals surface area contributed by atoms with E-state index in [9.17, 15) is 4.39 Å². The minimum Gasteiger partial charge on any atom is -0.496 e. The van der Waals surface area contributed by atoms with Crippen LogP contribution in [0.4, 0.5) is 4.39 Å². The Bertz CT molecular complexity index is 766. The van der Waals surface area contributed by atoms with E-state index < -0.39 is 0 Å². The highest BCUT2D eigenvalue weighted by Crippen LogP contribution is 2.27. The van der Waals surface area contributed by atoms with Crippen molar-refractivity contribution in [3.63, 3.8) is 0 Å². The lowest BCUT2D eigenvalue weighted by Gasteiger charge is -2.08. The summed E-state index contributed by atoms with van der Waals surface area (Å²) in [6.45, 7) is 0.593. The summed E-state index contributed by atoms with van der Waals surface area (Å²) in [6, 6.07) is 12.4. The number of hydrogen-bond acceptors (Lipinski definition) is 1. The van der Waals surface area contributed by atoms with E-state index in [4.69, 9.17) is 16.3 Å². The van der Waals surface area contributed by atoms with Crippen molar-refractivity contribution in [3.8, 4) is 5.75 Å². The number of benzene rings is 2. The summed E-state index contributed by atoms with van der Waals surface area (Å²) in [5, 5.41) is 1.49. The molecule has 0 aliphatic rings. The Labute approximate surface area is 121 Å². The third-order valence-corrected chi connectivity index (χ3v) is 3.70. The molecule has 3 rings (SSSR count). The highest BCUT2D eigenvalue weighted by Gasteiger charge is 2.08. The molecular formula is C16H13ClFNO. The number of fused-ring (bicyclic) bond motifs is 1. The lowest BCUT2D eigenvalue weighted by molar-refractivity contribution is 0.420. The molecule has 0 atom stereocenters. The van der Waals surface area contributed by atoms with Crippen molar-refractivity contribution in [2.75, 3.05) is 7.11 Å². The fourth-order valence-corrected chi connectivity index (χ4v) is 2.57. The second-order valence-corrected chi connectivity index (χ2v) is 4.98. The number of aromatic nitrogens is 1. The van der Waals surface area contributed by atoms with Gasteiger partial charge in [0.05, 0.1) is 12.6 Å². The summed E-state index contributed by atoms with van der Waals surface area (Å²) in [6.07, 6.45) is 1.98. The summed E-state index contributed by atoms with van der Waals surface area (Å²) in [5.74, 6) is 0.518. The second-order valence-electron chi connectivity index (χ2n) is 4.57. The zero-order valence-corrected chi connectivity index (χ0v) is 11.7. The van der Waals surface area contributed by atoms with Crippen molar-refractivity contribution in [2.24, 2.45) is 0 Å². The molecule has 0 aliphatic heterocycles. The number of rotatable bonds is 3. The van der Waals surface area contributed by atoms with Gasteiger partial charge in [-0.3, -0.25) is 0 Å². The van der Waals surface area contributed by atoms with Crippen LogP contribution in [-0.2, 0) is 6.54 Å². The van der Waals surface area contributed by atoms with Gasteiger partial charge in [0, 0.05) is 23.2 Å². The van der Waals surface area contributed by atoms with Gasteiger partial charge in [-0.15, -0.1) is 0 Å². The predicted molar refractivity (Wildman–Crippen MR) is 79.0 cm³/mol. The minimum atomic E-state index is -0.321. The Balaban J connectivity index is 2.03. The normalized spacial score (nSPS) is 10.9. The van der Waals surface area contributed by atoms with Gasteiger partial charge in [0.15, 0.2) is 0 Å². The van der Waals surface area contributed by atoms with Gasteiger partial charge in [-0.1, -0.05) is 23.7 Å². The van der Waals surface area contributed by atoms with Crippen molar-refractivity contribution in [2.45, 2.75) is 6.54 Å². The van der Waals surface area contributed by atoms with Crippen LogP contribution in [0.25, 0.3) is 10.9 Å². The number of ether oxygens (including phenoxy) is 1. The molecule has 0 saturated carbocycles. The molecule has 0 amide bonds. The molecular weight excluding hydrogens is 277 g/mol. The molecule has 0 aliphatic carbocycles. The van der Waals surface area contributed by atoms with Crippen LogP contribution in [0.5, 0.6) is 5.75 Å². The molecule has 3 aromatic rings. The van der Waals surface area contributed by atoms with Gasteiger partial charge in [0.1, 0.15) is 11.6 Å². The molecule has 0 spiro atoms. The molecule has 1 heterocycles. The molecule has 0 bridgehead atoms. The van der Waals surface area contributed by atoms with E-state index in [0.29, 0.717) is 11.6 Å². The maximum absolute atomic E-state index is 13.1. The molecule has 102 valence electrons. The molecule has 1 aromatic heterocycles. The highest BCUT2D eigenvalue weighted by molar-refractivity contribution is 6.31. The van der Waals surface area contributed by atoms with Crippen molar-refractivity contribution < 1.29 is 9.13 Å². The molecule has 0 fully saturated rings. The number of hydrogen-bond donors (Lipinski definition) is 0. The summed E-state index contributed by atoms with van der Waals surface area (Å²) in [5.41, 5.74) is 1.94. The maximum atomic E-state index is 13.1. The number of nitrogens with zero attached hydrogens (tertiary/aromatic N) is 1. The highest BCUT2D eigenvalue weighted by atomic mass is 35.5. The first kappa shape index (κ1) is 13.0. The monoisotopic (exact) mass is 289 g/mol. The third kappa shape index (κ3) is 2.25. The van der Waals surface area contributed by atoms with Crippen LogP contribution in [0.2, 0.25) is 5.02 Å². The molecule has 0 radical (unpaired) electrons. The average Bonchev–Trinajstić information content (AvgIpc) is 2.85. The SMILES string of the molecule is COc1cccc2c1ccn2Cc1ccc(F)cc1Cl. The lowest BCUT2D eigenvalue weighted by Crippen LogP contribution is -1.99. The van der Waals surface area contributed by atoms with E-state index in [0.717, 1.165) is 22.2 Å². The Kier molecular flexibility index (Phi) is 3.36. The topological polar surface area (TPSA) is 14.2 Å². The van der Waals surface area contributed by atoms with Gasteiger partial charge in [-0.05, 0) is 35.9 Å². The molecule has 4 heteroatoms. The first-order valence-electron chi connectivity index (χ1n) is 6.25. The Morgan fingerprint density at radius 3 is 2.80 bits per heavy atom. The maximum Gasteiger partial charge on any atom is 0.128 e. The van der Waals surface area contributed by atoms with Gasteiger partial charge in [0.25, 0.3) is 0 Å². The molecule has 0 N–H and O–H groups in total. The fraction of sp³-hybridized carbons (Fsp3) is 0.125. The van der Waals surface area contributed by atoms with Crippen LogP contribution in [-0.4, -0.2) is 11.7 Å². The summed E-state index contributed by atoms with van der Waals surface area (Å²) >= 11 is 6.08. The second kappa shape index (κ2) is 5.17. The summed E-state index contributed by atoms with van der Waals surface area (Å²) < 4.78 is 20.5. The van der Waals surface area contributed by atoms with E-state index in [2.05, 4.69) is 4.57 Å². The molecule has 0 saturated heterocycles. The standard InChI is InChI=1S/C16H13ClFNO/c1-20-16-4-2-3-15-13(16)7-8-19(15)10-11-5-6-12(18)9-14(11)17/h2-9H,10H2,1H3. The largest absolute Gasteiger partial charge is 0.496 e. The van der Waals surface area contributed by atoms with Crippen molar-refractivity contribution in [3.05, 3.63) is 65.1 Å². The van der Waals surface area contributed by atoms with E-state index in [1.165, 1.54) is 12.1 Å². The van der Waals surface area contributed by atoms with Crippen molar-refractivity contribution in [1.82, 2.24) is 4.57 Å². The van der Waals surface area contributed by atoms with Gasteiger partial charge >= 0.3 is 0 Å². The van der Waals surface area contributed by atoms with E-state index >= 15 is 0 Å². The summed E-state index contributed by atoms with van der Waals surface area (Å²) in [4.78, 5) is 0. The van der Waals surface area contributed by atoms with Gasteiger partial charge in [0.2, 0.25) is 0 Å². The first-order chi connectivity index (χ1) is 9.69. The van der Waals surface area contributed by atoms with E-state index in [-0.39, 0.29) is 5.82 Å². The molecule has 2 nitrogen and oxygen atoms in total. The zero-order valence-electron chi connectivity index (χ0n) is 10.9. The summed E-state index contributed by atoms with van der Waals surface area (Å²) in [7, 11) is 1.66. The van der Waals surface area contributed by atoms with Crippen LogP contribution in [0.3, 0.4) is 0 Å². The van der Waals surface area contributed by atoms with Crippen LogP contribution in [0.1, 0.15) is 5.56 Å². The quantitative estimate of drug-likeness (QED) is 0.693. The Hall–Kier alpha value is -2.00. The lowest BCUT2D eigenvalue weighted by atomic mass is 10.2. The number of methoxy groups -OCH3 is 1. The molecule has 20 heavy (non-hydrogen) atoms. The third-order valence-electron chi connectivity index (χ3n) is 3.35. The smallest absolute Gasteiger partial charge is 0.128 e. The minimum absolute atomic E-state index is 0.321. The Morgan fingerprint density at radius 2 is 2.05 bits per heavy atom. The van der Waals surface area contributed by atoms with Gasteiger partial charge < -0.3 is 9.30 Å². The van der Waals surface area contributed by atoms with Gasteiger partial charge in [-0.2, -0.15) is 0 Å².